The first kappa shape index (κ1) is 13.9. The topological polar surface area (TPSA) is 104 Å². The Hall–Kier alpha value is -2.72. The Bertz CT molecular complexity index is 799. The zero-order chi connectivity index (χ0) is 16.0. The highest BCUT2D eigenvalue weighted by atomic mass is 32.1. The molecule has 118 valence electrons. The van der Waals surface area contributed by atoms with E-state index < -0.39 is 6.03 Å². The molecular formula is C13H12N6O3S. The highest BCUT2D eigenvalue weighted by molar-refractivity contribution is 7.13. The third kappa shape index (κ3) is 2.37. The van der Waals surface area contributed by atoms with Gasteiger partial charge in [-0.15, -0.1) is 11.3 Å². The van der Waals surface area contributed by atoms with Crippen LogP contribution in [0, 0.1) is 0 Å². The second-order valence-corrected chi connectivity index (χ2v) is 6.06. The summed E-state index contributed by atoms with van der Waals surface area (Å²) in [6.07, 6.45) is 5.03. The van der Waals surface area contributed by atoms with Crippen LogP contribution in [0.15, 0.2) is 29.9 Å². The molecule has 0 radical (unpaired) electrons. The number of fused-ring (bicyclic) bond motifs is 2. The molecule has 0 saturated carbocycles. The molecular weight excluding hydrogens is 320 g/mol. The number of aromatic nitrogens is 3. The van der Waals surface area contributed by atoms with Crippen LogP contribution in [0.4, 0.5) is 9.93 Å². The number of nitrogens with zero attached hydrogens (tertiary/aromatic N) is 5. The Morgan fingerprint density at radius 2 is 2.35 bits per heavy atom. The van der Waals surface area contributed by atoms with Gasteiger partial charge in [0.15, 0.2) is 10.8 Å². The van der Waals surface area contributed by atoms with Crippen LogP contribution in [0.25, 0.3) is 5.70 Å². The van der Waals surface area contributed by atoms with Crippen LogP contribution in [0.2, 0.25) is 0 Å². The number of nitrogens with one attached hydrogen (secondary N) is 1. The van der Waals surface area contributed by atoms with E-state index in [-0.39, 0.29) is 17.6 Å². The van der Waals surface area contributed by atoms with E-state index in [1.165, 1.54) is 16.2 Å². The van der Waals surface area contributed by atoms with Gasteiger partial charge in [-0.1, -0.05) is 0 Å². The second kappa shape index (κ2) is 5.18. The van der Waals surface area contributed by atoms with Crippen molar-refractivity contribution in [2.45, 2.75) is 6.04 Å². The smallest absolute Gasteiger partial charge is 0.314 e. The second-order valence-electron chi connectivity index (χ2n) is 5.17. The molecule has 2 aliphatic heterocycles. The molecule has 2 N–H and O–H groups in total. The van der Waals surface area contributed by atoms with Crippen molar-refractivity contribution >= 4 is 34.1 Å². The molecule has 1 unspecified atom stereocenters. The van der Waals surface area contributed by atoms with Crippen molar-refractivity contribution in [3.63, 3.8) is 0 Å². The van der Waals surface area contributed by atoms with E-state index in [1.54, 1.807) is 34.6 Å². The standard InChI is InChI=1S/C13H12N6O3S/c20-11(15-12-14-2-4-23-12)10-1-3-18(16-10)8-5-9-7-17(6-8)13(21)19(9)22/h1-5,9,22H,6-7H2,(H,14,15,20). The third-order valence-corrected chi connectivity index (χ3v) is 4.38. The van der Waals surface area contributed by atoms with E-state index in [9.17, 15) is 14.8 Å². The number of amides is 3. The van der Waals surface area contributed by atoms with Crippen molar-refractivity contribution in [2.24, 2.45) is 0 Å². The van der Waals surface area contributed by atoms with Crippen molar-refractivity contribution < 1.29 is 14.8 Å². The number of carbonyl (C=O) groups is 2. The molecule has 1 saturated heterocycles. The molecule has 0 aromatic carbocycles. The number of urea groups is 1. The first-order valence-corrected chi connectivity index (χ1v) is 7.74. The molecule has 23 heavy (non-hydrogen) atoms. The summed E-state index contributed by atoms with van der Waals surface area (Å²) < 4.78 is 1.54. The van der Waals surface area contributed by atoms with Gasteiger partial charge >= 0.3 is 6.03 Å². The van der Waals surface area contributed by atoms with Gasteiger partial charge in [-0.25, -0.2) is 14.5 Å². The average molecular weight is 332 g/mol. The van der Waals surface area contributed by atoms with Crippen LogP contribution in [0.5, 0.6) is 0 Å². The number of hydrogen-bond donors (Lipinski definition) is 2. The quantitative estimate of drug-likeness (QED) is 0.814. The van der Waals surface area contributed by atoms with Crippen LogP contribution >= 0.6 is 11.3 Å². The number of rotatable bonds is 3. The van der Waals surface area contributed by atoms with Crippen molar-refractivity contribution in [1.29, 1.82) is 0 Å². The van der Waals surface area contributed by atoms with Crippen LogP contribution in [0.1, 0.15) is 10.5 Å². The summed E-state index contributed by atoms with van der Waals surface area (Å²) in [5, 5.41) is 19.6. The fourth-order valence-corrected chi connectivity index (χ4v) is 3.12. The molecule has 2 aliphatic rings. The lowest BCUT2D eigenvalue weighted by atomic mass is 10.2. The summed E-state index contributed by atoms with van der Waals surface area (Å²) in [7, 11) is 0. The SMILES string of the molecule is O=C(Nc1nccs1)c1ccn(C2=CC3CN(C2)C(=O)N3O)n1. The summed E-state index contributed by atoms with van der Waals surface area (Å²) in [4.78, 5) is 29.3. The highest BCUT2D eigenvalue weighted by Gasteiger charge is 2.39. The minimum Gasteiger partial charge on any atom is -0.314 e. The summed E-state index contributed by atoms with van der Waals surface area (Å²) >= 11 is 1.32. The van der Waals surface area contributed by atoms with Crippen molar-refractivity contribution in [2.75, 3.05) is 18.4 Å². The van der Waals surface area contributed by atoms with Gasteiger partial charge in [0, 0.05) is 24.3 Å². The van der Waals surface area contributed by atoms with Crippen molar-refractivity contribution in [3.8, 4) is 0 Å². The lowest BCUT2D eigenvalue weighted by Crippen LogP contribution is -2.31. The Morgan fingerprint density at radius 1 is 1.48 bits per heavy atom. The van der Waals surface area contributed by atoms with E-state index in [1.807, 2.05) is 0 Å². The maximum absolute atomic E-state index is 12.1. The van der Waals surface area contributed by atoms with Gasteiger partial charge in [0.2, 0.25) is 0 Å². The van der Waals surface area contributed by atoms with Crippen LogP contribution in [-0.2, 0) is 0 Å². The molecule has 2 aromatic heterocycles. The zero-order valence-corrected chi connectivity index (χ0v) is 12.6. The zero-order valence-electron chi connectivity index (χ0n) is 11.8. The first-order chi connectivity index (χ1) is 11.1. The number of thiazole rings is 1. The average Bonchev–Trinajstić information content (AvgIpc) is 3.27. The normalized spacial score (nSPS) is 20.0. The summed E-state index contributed by atoms with van der Waals surface area (Å²) in [6, 6.07) is 0.784. The fourth-order valence-electron chi connectivity index (χ4n) is 2.59. The van der Waals surface area contributed by atoms with E-state index in [0.29, 0.717) is 23.3 Å². The van der Waals surface area contributed by atoms with Gasteiger partial charge in [0.25, 0.3) is 5.91 Å². The summed E-state index contributed by atoms with van der Waals surface area (Å²) in [5.74, 6) is -0.349. The molecule has 0 spiro atoms. The van der Waals surface area contributed by atoms with Gasteiger partial charge < -0.3 is 4.90 Å². The largest absolute Gasteiger partial charge is 0.344 e. The number of hydrogen-bond acceptors (Lipinski definition) is 6. The minimum atomic E-state index is -0.421. The third-order valence-electron chi connectivity index (χ3n) is 3.69. The van der Waals surface area contributed by atoms with Gasteiger partial charge in [0.05, 0.1) is 18.3 Å². The predicted octanol–water partition coefficient (Wildman–Crippen LogP) is 0.942. The Labute approximate surface area is 134 Å². The molecule has 2 bridgehead atoms. The number of anilines is 1. The molecule has 3 amide bonds. The van der Waals surface area contributed by atoms with E-state index >= 15 is 0 Å². The van der Waals surface area contributed by atoms with E-state index in [2.05, 4.69) is 15.4 Å². The number of carbonyl (C=O) groups excluding carboxylic acids is 2. The number of hydroxylamine groups is 2. The van der Waals surface area contributed by atoms with Gasteiger partial charge in [-0.3, -0.25) is 15.3 Å². The van der Waals surface area contributed by atoms with Crippen LogP contribution < -0.4 is 5.32 Å². The van der Waals surface area contributed by atoms with Crippen molar-refractivity contribution in [1.82, 2.24) is 24.7 Å². The van der Waals surface area contributed by atoms with Gasteiger partial charge in [-0.05, 0) is 12.1 Å². The minimum absolute atomic E-state index is 0.251. The summed E-state index contributed by atoms with van der Waals surface area (Å²) in [5.41, 5.74) is 0.987. The van der Waals surface area contributed by atoms with Gasteiger partial charge in [-0.2, -0.15) is 10.2 Å². The molecule has 1 atom stereocenters. The van der Waals surface area contributed by atoms with Gasteiger partial charge in [0.1, 0.15) is 0 Å². The molecule has 2 aromatic rings. The Balaban J connectivity index is 1.53. The molecule has 1 fully saturated rings. The fraction of sp³-hybridized carbons (Fsp3) is 0.231. The van der Waals surface area contributed by atoms with Crippen molar-refractivity contribution in [3.05, 3.63) is 35.6 Å². The molecule has 9 nitrogen and oxygen atoms in total. The lowest BCUT2D eigenvalue weighted by Gasteiger charge is -2.20. The monoisotopic (exact) mass is 332 g/mol. The highest BCUT2D eigenvalue weighted by Crippen LogP contribution is 2.24. The maximum Gasteiger partial charge on any atom is 0.344 e. The van der Waals surface area contributed by atoms with E-state index in [0.717, 1.165) is 5.70 Å². The lowest BCUT2D eigenvalue weighted by molar-refractivity contribution is -0.0450. The molecule has 0 aliphatic carbocycles. The summed E-state index contributed by atoms with van der Waals surface area (Å²) in [6.45, 7) is 0.791. The van der Waals surface area contributed by atoms with Crippen LogP contribution in [-0.4, -0.2) is 61.0 Å². The maximum atomic E-state index is 12.1. The predicted molar refractivity (Wildman–Crippen MR) is 80.9 cm³/mol. The Morgan fingerprint density at radius 3 is 3.09 bits per heavy atom. The molecule has 4 heterocycles. The Kier molecular flexibility index (Phi) is 3.13. The molecule has 10 heteroatoms. The van der Waals surface area contributed by atoms with Crippen LogP contribution in [0.3, 0.4) is 0 Å². The molecule has 4 rings (SSSR count). The first-order valence-electron chi connectivity index (χ1n) is 6.86. The van der Waals surface area contributed by atoms with E-state index in [4.69, 9.17) is 0 Å².